The molecule has 55 heavy (non-hydrogen) atoms. The smallest absolute Gasteiger partial charge is 0.0820 e. The molecule has 0 spiro atoms. The van der Waals surface area contributed by atoms with Gasteiger partial charge in [0.05, 0.1) is 13.1 Å². The molecule has 0 fully saturated rings. The van der Waals surface area contributed by atoms with Gasteiger partial charge in [-0.05, 0) is 108 Å². The molecule has 0 aromatic rings. The molecule has 1 nitrogen and oxygen atoms in total. The van der Waals surface area contributed by atoms with Gasteiger partial charge in [0.15, 0.2) is 0 Å². The molecule has 0 saturated heterocycles. The second kappa shape index (κ2) is 66.2. The maximum absolute atomic E-state index is 5.40. The highest BCUT2D eigenvalue weighted by Crippen LogP contribution is 2.69. The maximum atomic E-state index is 5.40. The van der Waals surface area contributed by atoms with E-state index in [0.717, 1.165) is 0 Å². The standard InChI is InChI=1S/C2H6OS52/c1-2-3-55(5,6)54-53-52-51-50-49-48-47-46-45-44-43-42-41-40-39-38-37-36-35-34-33-32-31-30-29-28-27-26-25-24-23-22-21-20-19-18-17-16-15-14-13-12-11-10-9-8-7-4/h4H,2H2,1H3. The van der Waals surface area contributed by atoms with Crippen molar-refractivity contribution in [1.29, 1.82) is 0 Å². The highest BCUT2D eigenvalue weighted by molar-refractivity contribution is 9.63. The van der Waals surface area contributed by atoms with Gasteiger partial charge < -0.3 is 4.18 Å². The monoisotopic (exact) mass is 1710 g/mol. The Bertz CT molecular complexity index is 776. The van der Waals surface area contributed by atoms with Gasteiger partial charge in [0, 0.05) is 393 Å². The lowest BCUT2D eigenvalue weighted by molar-refractivity contribution is 0.402. The molecule has 0 aromatic heterocycles. The molecular weight excluding hydrogens is 1710 g/mol. The van der Waals surface area contributed by atoms with Gasteiger partial charge in [0.2, 0.25) is 0 Å². The fourth-order valence-electron chi connectivity index (χ4n) is 0.721. The minimum Gasteiger partial charge on any atom is -0.302 e. The topological polar surface area (TPSA) is 9.23 Å². The molecule has 0 bridgehead atoms. The summed E-state index contributed by atoms with van der Waals surface area (Å²) in [6.07, 6.45) is 0. The fraction of sp³-hybridized carbons (Fsp3) is 1.00. The molecular formula is C2H6OS52. The van der Waals surface area contributed by atoms with Crippen molar-refractivity contribution in [1.82, 2.24) is 0 Å². The van der Waals surface area contributed by atoms with E-state index in [1.165, 1.54) is 19.7 Å². The van der Waals surface area contributed by atoms with Crippen molar-refractivity contribution < 1.29 is 4.18 Å². The van der Waals surface area contributed by atoms with Crippen LogP contribution in [0.2, 0.25) is 0 Å². The van der Waals surface area contributed by atoms with Crippen LogP contribution in [0.1, 0.15) is 6.92 Å². The first-order valence-corrected chi connectivity index (χ1v) is 78.1. The molecule has 0 aliphatic carbocycles. The summed E-state index contributed by atoms with van der Waals surface area (Å²) in [6, 6.07) is 0. The van der Waals surface area contributed by atoms with Crippen LogP contribution in [0.4, 0.5) is 0 Å². The van der Waals surface area contributed by atoms with Crippen LogP contribution in [0.25, 0.3) is 0 Å². The molecule has 0 saturated carbocycles. The van der Waals surface area contributed by atoms with Gasteiger partial charge in [-0.15, -0.1) is 0 Å². The predicted octanol–water partition coefficient (Wildman–Crippen LogP) is 32.0. The molecule has 0 radical (unpaired) electrons. The van der Waals surface area contributed by atoms with Crippen molar-refractivity contribution in [3.63, 3.8) is 0 Å². The van der Waals surface area contributed by atoms with Gasteiger partial charge in [0.25, 0.3) is 0 Å². The van der Waals surface area contributed by atoms with Gasteiger partial charge in [-0.3, -0.25) is 0 Å². The van der Waals surface area contributed by atoms with Gasteiger partial charge in [-0.25, -0.2) is 0 Å². The van der Waals surface area contributed by atoms with Crippen molar-refractivity contribution in [2.45, 2.75) is 6.92 Å². The lowest BCUT2D eigenvalue weighted by Crippen LogP contribution is -1.93. The molecule has 0 aliphatic heterocycles. The van der Waals surface area contributed by atoms with Crippen molar-refractivity contribution in [3.05, 3.63) is 0 Å². The minimum atomic E-state index is -1.81. The Labute approximate surface area is 515 Å². The average molecular weight is 1710 g/mol. The molecule has 332 valence electrons. The van der Waals surface area contributed by atoms with E-state index in [9.17, 15) is 0 Å². The van der Waals surface area contributed by atoms with Crippen LogP contribution in [0.5, 0.6) is 0 Å². The molecule has 0 rings (SSSR count). The van der Waals surface area contributed by atoms with Crippen LogP contribution < -0.4 is 0 Å². The highest BCUT2D eigenvalue weighted by atomic mass is 34.1. The summed E-state index contributed by atoms with van der Waals surface area (Å²) in [7, 11) is 85.8. The Hall–Kier alpha value is 17.9. The normalized spacial score (nSPS) is 12.0. The summed E-state index contributed by atoms with van der Waals surface area (Å²) in [5.74, 6) is 0. The first-order valence-electron chi connectivity index (χ1n) is 9.68. The van der Waals surface area contributed by atoms with E-state index in [-0.39, 0.29) is 0 Å². The number of thiol groups is 1. The fourth-order valence-corrected chi connectivity index (χ4v) is 135. The highest BCUT2D eigenvalue weighted by Gasteiger charge is 2.06. The van der Waals surface area contributed by atoms with E-state index < -0.39 is 6.46 Å². The van der Waals surface area contributed by atoms with Crippen molar-refractivity contribution in [3.8, 4) is 0 Å². The Morgan fingerprint density at radius 3 is 0.582 bits per heavy atom. The van der Waals surface area contributed by atoms with E-state index in [4.69, 9.17) is 26.6 Å². The summed E-state index contributed by atoms with van der Waals surface area (Å²) in [5.41, 5.74) is 0. The average Bonchev–Trinajstić information content (AvgIpc) is 3.17. The molecule has 0 N–H and O–H groups in total. The van der Waals surface area contributed by atoms with Crippen LogP contribution >= 0.6 is 483 Å². The molecule has 0 aliphatic rings. The zero-order valence-corrected chi connectivity index (χ0v) is 65.9. The van der Waals surface area contributed by atoms with E-state index in [1.807, 2.05) is 321 Å². The van der Waals surface area contributed by atoms with Crippen molar-refractivity contribution in [2.75, 3.05) is 6.61 Å². The van der Waals surface area contributed by atoms with E-state index in [2.05, 4.69) is 11.7 Å². The summed E-state index contributed by atoms with van der Waals surface area (Å²) >= 11 is 14.6. The third kappa shape index (κ3) is 68.0. The Kier molecular flexibility index (Phi) is 87.7. The van der Waals surface area contributed by atoms with Crippen molar-refractivity contribution >= 4 is 512 Å². The molecule has 0 amide bonds. The molecule has 53 heteroatoms. The zero-order chi connectivity index (χ0) is 39.9. The lowest BCUT2D eigenvalue weighted by Gasteiger charge is -2.06. The van der Waals surface area contributed by atoms with E-state index in [0.29, 0.717) is 6.61 Å². The second-order valence-corrected chi connectivity index (χ2v) is 96.3. The third-order valence-corrected chi connectivity index (χ3v) is 113. The van der Waals surface area contributed by atoms with E-state index >= 15 is 0 Å². The second-order valence-electron chi connectivity index (χ2n) is 4.09. The van der Waals surface area contributed by atoms with Gasteiger partial charge in [-0.2, -0.15) is 0 Å². The quantitative estimate of drug-likeness (QED) is 0.0352. The Balaban J connectivity index is 3.09. The first-order chi connectivity index (χ1) is 27.1. The Morgan fingerprint density at radius 2 is 0.436 bits per heavy atom. The van der Waals surface area contributed by atoms with Gasteiger partial charge in [0.1, 0.15) is 0 Å². The number of rotatable bonds is 50. The summed E-state index contributed by atoms with van der Waals surface area (Å²) in [6.45, 7) is 0.696. The van der Waals surface area contributed by atoms with Gasteiger partial charge in [-0.1, -0.05) is 11.7 Å². The maximum Gasteiger partial charge on any atom is 0.0820 e. The summed E-state index contributed by atoms with van der Waals surface area (Å²) in [4.78, 5) is 0. The van der Waals surface area contributed by atoms with E-state index in [1.54, 1.807) is 138 Å². The minimum absolute atomic E-state index is 0.580. The van der Waals surface area contributed by atoms with Crippen LogP contribution in [0.15, 0.2) is 0 Å². The SMILES string of the molecule is CCOS(=S)(=S)SSSSSSSSSSSSSSSSSSSSSSSSSSSSSSSSSSSSSSSSSSSSSSSSS. The molecule has 0 heterocycles. The summed E-state index contributed by atoms with van der Waals surface area (Å²) in [5, 5.41) is 0. The molecule has 0 aromatic carbocycles. The number of hydrogen-bond acceptors (Lipinski definition) is 52. The Morgan fingerprint density at radius 1 is 0.291 bits per heavy atom. The van der Waals surface area contributed by atoms with Crippen LogP contribution in [-0.2, 0) is 33.0 Å². The molecule has 0 atom stereocenters. The molecule has 0 unspecified atom stereocenters. The third-order valence-electron chi connectivity index (χ3n) is 1.65. The van der Waals surface area contributed by atoms with Crippen molar-refractivity contribution in [2.24, 2.45) is 0 Å². The lowest BCUT2D eigenvalue weighted by atomic mass is 10.9. The summed E-state index contributed by atoms with van der Waals surface area (Å²) < 4.78 is 5.40. The van der Waals surface area contributed by atoms with Crippen LogP contribution in [0, 0.1) is 0 Å². The predicted molar refractivity (Wildman–Crippen MR) is 407 cm³/mol. The zero-order valence-electron chi connectivity index (χ0n) is 23.4. The first kappa shape index (κ1) is 72.9. The van der Waals surface area contributed by atoms with Crippen LogP contribution in [0.3, 0.4) is 0 Å². The number of hydrogen-bond donors (Lipinski definition) is 1. The van der Waals surface area contributed by atoms with Crippen LogP contribution in [-0.4, -0.2) is 6.61 Å². The largest absolute Gasteiger partial charge is 0.302 e. The van der Waals surface area contributed by atoms with Gasteiger partial charge >= 0.3 is 0 Å².